The van der Waals surface area contributed by atoms with Gasteiger partial charge in [-0.05, 0) is 11.0 Å². The summed E-state index contributed by atoms with van der Waals surface area (Å²) in [5, 5.41) is 9.27. The fraction of sp³-hybridized carbons (Fsp3) is 0.263. The van der Waals surface area contributed by atoms with Crippen LogP contribution in [0.3, 0.4) is 0 Å². The lowest BCUT2D eigenvalue weighted by atomic mass is 9.83. The smallest absolute Gasteiger partial charge is 0.113 e. The lowest BCUT2D eigenvalue weighted by Gasteiger charge is -2.30. The zero-order valence-corrected chi connectivity index (χ0v) is 13.3. The Morgan fingerprint density at radius 2 is 1.45 bits per heavy atom. The van der Waals surface area contributed by atoms with E-state index in [0.717, 1.165) is 11.3 Å². The molecule has 1 unspecified atom stereocenters. The summed E-state index contributed by atoms with van der Waals surface area (Å²) in [6, 6.07) is 20.7. The molecule has 2 aromatic carbocycles. The van der Waals surface area contributed by atoms with E-state index in [2.05, 4.69) is 62.3 Å². The molecule has 0 aliphatic heterocycles. The summed E-state index contributed by atoms with van der Waals surface area (Å²) in [6.45, 7) is 6.66. The standard InChI is InChI=1S/C19H21N3/c1-19(2,3)18(16-12-8-5-9-13-16)22-20-14-17(21-22)15-10-6-4-7-11-15/h4-14,18H,1-3H3. The molecule has 22 heavy (non-hydrogen) atoms. The molecule has 3 nitrogen and oxygen atoms in total. The van der Waals surface area contributed by atoms with E-state index in [9.17, 15) is 0 Å². The molecular weight excluding hydrogens is 270 g/mol. The lowest BCUT2D eigenvalue weighted by molar-refractivity contribution is 0.244. The van der Waals surface area contributed by atoms with E-state index < -0.39 is 0 Å². The van der Waals surface area contributed by atoms with Crippen molar-refractivity contribution in [1.82, 2.24) is 15.0 Å². The highest BCUT2D eigenvalue weighted by atomic mass is 15.5. The Bertz CT molecular complexity index is 724. The van der Waals surface area contributed by atoms with Crippen LogP contribution >= 0.6 is 0 Å². The number of hydrogen-bond acceptors (Lipinski definition) is 2. The van der Waals surface area contributed by atoms with Gasteiger partial charge in [0.15, 0.2) is 0 Å². The van der Waals surface area contributed by atoms with Gasteiger partial charge in [0.2, 0.25) is 0 Å². The largest absolute Gasteiger partial charge is 0.176 e. The molecule has 1 heterocycles. The molecule has 0 saturated carbocycles. The van der Waals surface area contributed by atoms with E-state index in [1.54, 1.807) is 0 Å². The summed E-state index contributed by atoms with van der Waals surface area (Å²) in [5.74, 6) is 0. The van der Waals surface area contributed by atoms with Gasteiger partial charge in [-0.2, -0.15) is 15.0 Å². The second-order valence-corrected chi connectivity index (χ2v) is 6.60. The minimum absolute atomic E-state index is 0.0222. The second-order valence-electron chi connectivity index (χ2n) is 6.60. The third kappa shape index (κ3) is 2.93. The van der Waals surface area contributed by atoms with Crippen LogP contribution in [0.2, 0.25) is 0 Å². The van der Waals surface area contributed by atoms with Crippen LogP contribution < -0.4 is 0 Å². The van der Waals surface area contributed by atoms with Crippen molar-refractivity contribution in [2.24, 2.45) is 5.41 Å². The van der Waals surface area contributed by atoms with Crippen LogP contribution in [0.15, 0.2) is 66.9 Å². The minimum atomic E-state index is 0.0222. The highest BCUT2D eigenvalue weighted by Crippen LogP contribution is 2.35. The van der Waals surface area contributed by atoms with Crippen LogP contribution in [0.25, 0.3) is 11.3 Å². The van der Waals surface area contributed by atoms with Gasteiger partial charge in [-0.15, -0.1) is 0 Å². The van der Waals surface area contributed by atoms with E-state index in [-0.39, 0.29) is 11.5 Å². The number of rotatable bonds is 3. The first-order valence-electron chi connectivity index (χ1n) is 7.58. The van der Waals surface area contributed by atoms with Gasteiger partial charge < -0.3 is 0 Å². The summed E-state index contributed by atoms with van der Waals surface area (Å²) >= 11 is 0. The number of benzene rings is 2. The SMILES string of the molecule is CC(C)(C)C(c1ccccc1)n1ncc(-c2ccccc2)n1. The first-order chi connectivity index (χ1) is 10.6. The van der Waals surface area contributed by atoms with Gasteiger partial charge in [-0.3, -0.25) is 0 Å². The zero-order chi connectivity index (χ0) is 15.6. The molecule has 0 aliphatic carbocycles. The van der Waals surface area contributed by atoms with E-state index >= 15 is 0 Å². The highest BCUT2D eigenvalue weighted by Gasteiger charge is 2.29. The van der Waals surface area contributed by atoms with Gasteiger partial charge in [-0.25, -0.2) is 0 Å². The molecule has 3 heteroatoms. The molecule has 1 aromatic heterocycles. The third-order valence-electron chi connectivity index (χ3n) is 3.74. The summed E-state index contributed by atoms with van der Waals surface area (Å²) in [5.41, 5.74) is 3.25. The molecular formula is C19H21N3. The van der Waals surface area contributed by atoms with Crippen molar-refractivity contribution in [2.75, 3.05) is 0 Å². The van der Waals surface area contributed by atoms with Crippen molar-refractivity contribution in [3.05, 3.63) is 72.4 Å². The Hall–Kier alpha value is -2.42. The Morgan fingerprint density at radius 3 is 2.05 bits per heavy atom. The maximum atomic E-state index is 4.73. The van der Waals surface area contributed by atoms with E-state index in [1.165, 1.54) is 5.56 Å². The predicted molar refractivity (Wildman–Crippen MR) is 89.5 cm³/mol. The molecule has 0 fully saturated rings. The van der Waals surface area contributed by atoms with Gasteiger partial charge in [0, 0.05) is 5.56 Å². The number of hydrogen-bond donors (Lipinski definition) is 0. The van der Waals surface area contributed by atoms with Gasteiger partial charge >= 0.3 is 0 Å². The quantitative estimate of drug-likeness (QED) is 0.707. The molecule has 1 atom stereocenters. The van der Waals surface area contributed by atoms with Crippen LogP contribution in [0, 0.1) is 5.41 Å². The molecule has 3 rings (SSSR count). The summed E-state index contributed by atoms with van der Waals surface area (Å²) in [7, 11) is 0. The van der Waals surface area contributed by atoms with Crippen LogP contribution in [0.5, 0.6) is 0 Å². The molecule has 112 valence electrons. The van der Waals surface area contributed by atoms with Crippen molar-refractivity contribution in [3.63, 3.8) is 0 Å². The van der Waals surface area contributed by atoms with Crippen molar-refractivity contribution in [2.45, 2.75) is 26.8 Å². The molecule has 0 spiro atoms. The number of nitrogens with zero attached hydrogens (tertiary/aromatic N) is 3. The topological polar surface area (TPSA) is 30.7 Å². The van der Waals surface area contributed by atoms with Crippen molar-refractivity contribution in [1.29, 1.82) is 0 Å². The fourth-order valence-corrected chi connectivity index (χ4v) is 2.76. The molecule has 0 amide bonds. The Kier molecular flexibility index (Phi) is 3.80. The molecule has 0 N–H and O–H groups in total. The predicted octanol–water partition coefficient (Wildman–Crippen LogP) is 4.58. The van der Waals surface area contributed by atoms with Crippen molar-refractivity contribution < 1.29 is 0 Å². The Balaban J connectivity index is 2.02. The summed E-state index contributed by atoms with van der Waals surface area (Å²) < 4.78 is 0. The Labute approximate surface area is 131 Å². The minimum Gasteiger partial charge on any atom is -0.176 e. The average Bonchev–Trinajstić information content (AvgIpc) is 2.97. The summed E-state index contributed by atoms with van der Waals surface area (Å²) in [6.07, 6.45) is 1.84. The van der Waals surface area contributed by atoms with Gasteiger partial charge in [0.1, 0.15) is 11.7 Å². The zero-order valence-electron chi connectivity index (χ0n) is 13.3. The van der Waals surface area contributed by atoms with E-state index in [1.807, 2.05) is 35.3 Å². The van der Waals surface area contributed by atoms with Gasteiger partial charge in [0.05, 0.1) is 6.20 Å². The van der Waals surface area contributed by atoms with Crippen LogP contribution in [0.4, 0.5) is 0 Å². The normalized spacial score (nSPS) is 13.0. The van der Waals surface area contributed by atoms with E-state index in [4.69, 9.17) is 5.10 Å². The summed E-state index contributed by atoms with van der Waals surface area (Å²) in [4.78, 5) is 1.84. The van der Waals surface area contributed by atoms with Crippen LogP contribution in [0.1, 0.15) is 32.4 Å². The van der Waals surface area contributed by atoms with Gasteiger partial charge in [0.25, 0.3) is 0 Å². The molecule has 0 bridgehead atoms. The monoisotopic (exact) mass is 291 g/mol. The van der Waals surface area contributed by atoms with Crippen molar-refractivity contribution in [3.8, 4) is 11.3 Å². The molecule has 0 radical (unpaired) electrons. The number of aromatic nitrogens is 3. The first-order valence-corrected chi connectivity index (χ1v) is 7.58. The lowest BCUT2D eigenvalue weighted by Crippen LogP contribution is -2.27. The van der Waals surface area contributed by atoms with Crippen LogP contribution in [-0.2, 0) is 0 Å². The molecule has 0 aliphatic rings. The fourth-order valence-electron chi connectivity index (χ4n) is 2.76. The van der Waals surface area contributed by atoms with E-state index in [0.29, 0.717) is 0 Å². The van der Waals surface area contributed by atoms with Gasteiger partial charge in [-0.1, -0.05) is 81.4 Å². The average molecular weight is 291 g/mol. The van der Waals surface area contributed by atoms with Crippen molar-refractivity contribution >= 4 is 0 Å². The highest BCUT2D eigenvalue weighted by molar-refractivity contribution is 5.57. The first kappa shape index (κ1) is 14.5. The molecule has 0 saturated heterocycles. The maximum absolute atomic E-state index is 4.73. The Morgan fingerprint density at radius 1 is 0.864 bits per heavy atom. The maximum Gasteiger partial charge on any atom is 0.113 e. The van der Waals surface area contributed by atoms with Crippen LogP contribution in [-0.4, -0.2) is 15.0 Å². The molecule has 3 aromatic rings. The second kappa shape index (κ2) is 5.76. The third-order valence-corrected chi connectivity index (χ3v) is 3.74.